The first-order valence-electron chi connectivity index (χ1n) is 20.6. The van der Waals surface area contributed by atoms with Crippen molar-refractivity contribution >= 4 is 46.2 Å². The minimum atomic E-state index is -2.80. The lowest BCUT2D eigenvalue weighted by Gasteiger charge is -2.46. The molecule has 3 aromatic heterocycles. The van der Waals surface area contributed by atoms with Gasteiger partial charge in [-0.1, -0.05) is 92.8 Å². The van der Waals surface area contributed by atoms with Crippen LogP contribution in [-0.4, -0.2) is 70.9 Å². The van der Waals surface area contributed by atoms with Crippen LogP contribution in [0.4, 0.5) is 4.39 Å². The summed E-state index contributed by atoms with van der Waals surface area (Å²) >= 11 is 1.27. The number of hydrogen-bond donors (Lipinski definition) is 0. The molecule has 60 heavy (non-hydrogen) atoms. The van der Waals surface area contributed by atoms with Crippen LogP contribution in [0.2, 0.25) is 5.04 Å². The zero-order chi connectivity index (χ0) is 42.3. The van der Waals surface area contributed by atoms with E-state index in [-0.39, 0.29) is 29.7 Å². The average molecular weight is 850 g/mol. The second kappa shape index (κ2) is 16.7. The summed E-state index contributed by atoms with van der Waals surface area (Å²) in [7, 11) is 0.396. The van der Waals surface area contributed by atoms with E-state index >= 15 is 4.39 Å². The third-order valence-corrected chi connectivity index (χ3v) is 18.7. The first-order valence-corrected chi connectivity index (χ1v) is 23.4. The molecular formula is C46H52FN5O6SSi. The molecule has 2 atom stereocenters. The number of nitrogens with zero attached hydrogens (tertiary/aromatic N) is 5. The van der Waals surface area contributed by atoms with Crippen LogP contribution < -0.4 is 26.4 Å². The van der Waals surface area contributed by atoms with Crippen LogP contribution in [0.1, 0.15) is 76.1 Å². The Morgan fingerprint density at radius 3 is 2.12 bits per heavy atom. The van der Waals surface area contributed by atoms with E-state index in [0.29, 0.717) is 57.9 Å². The number of carbonyl (C=O) groups excluding carboxylic acids is 1. The highest BCUT2D eigenvalue weighted by molar-refractivity contribution is 7.21. The van der Waals surface area contributed by atoms with Crippen LogP contribution in [0.5, 0.6) is 5.75 Å². The van der Waals surface area contributed by atoms with Crippen LogP contribution in [0.25, 0.3) is 15.2 Å². The molecular weight excluding hydrogens is 798 g/mol. The summed E-state index contributed by atoms with van der Waals surface area (Å²) in [5.41, 5.74) is -0.0591. The number of likely N-dealkylation sites (N-methyl/N-ethyl adjacent to an activating group) is 1. The van der Waals surface area contributed by atoms with Crippen molar-refractivity contribution in [1.82, 2.24) is 23.8 Å². The number of likely N-dealkylation sites (tertiary alicyclic amines) is 1. The van der Waals surface area contributed by atoms with E-state index in [9.17, 15) is 14.4 Å². The van der Waals surface area contributed by atoms with E-state index in [4.69, 9.17) is 13.9 Å². The van der Waals surface area contributed by atoms with Gasteiger partial charge in [0.25, 0.3) is 13.9 Å². The van der Waals surface area contributed by atoms with Crippen molar-refractivity contribution in [3.63, 3.8) is 0 Å². The van der Waals surface area contributed by atoms with E-state index in [0.717, 1.165) is 17.4 Å². The molecule has 4 heterocycles. The predicted molar refractivity (Wildman–Crippen MR) is 235 cm³/mol. The molecule has 14 heteroatoms. The summed E-state index contributed by atoms with van der Waals surface area (Å²) in [4.78, 5) is 44.5. The van der Waals surface area contributed by atoms with Gasteiger partial charge in [0.05, 0.1) is 25.1 Å². The molecule has 1 saturated carbocycles. The monoisotopic (exact) mass is 849 g/mol. The van der Waals surface area contributed by atoms with Crippen molar-refractivity contribution in [2.24, 2.45) is 0 Å². The van der Waals surface area contributed by atoms with Gasteiger partial charge in [0.15, 0.2) is 0 Å². The largest absolute Gasteiger partial charge is 0.496 e. The summed E-state index contributed by atoms with van der Waals surface area (Å²) in [6.07, 6.45) is 5.44. The van der Waals surface area contributed by atoms with Crippen LogP contribution >= 0.6 is 11.3 Å². The summed E-state index contributed by atoms with van der Waals surface area (Å²) in [5, 5.41) is 7.70. The first kappa shape index (κ1) is 41.6. The third-order valence-electron chi connectivity index (χ3n) is 12.3. The minimum absolute atomic E-state index is 0.0269. The molecule has 3 aromatic carbocycles. The Labute approximate surface area is 354 Å². The Hall–Kier alpha value is -5.15. The Bertz CT molecular complexity index is 2560. The zero-order valence-electron chi connectivity index (χ0n) is 35.0. The fourth-order valence-electron chi connectivity index (χ4n) is 9.24. The number of ether oxygens (including phenoxy) is 2. The third kappa shape index (κ3) is 7.48. The quantitative estimate of drug-likeness (QED) is 0.123. The molecule has 2 aliphatic rings. The molecule has 0 radical (unpaired) electrons. The van der Waals surface area contributed by atoms with Gasteiger partial charge < -0.3 is 18.8 Å². The number of aromatic nitrogens is 4. The second-order valence-electron chi connectivity index (χ2n) is 17.0. The molecule has 314 valence electrons. The average Bonchev–Trinajstić information content (AvgIpc) is 3.98. The van der Waals surface area contributed by atoms with Crippen molar-refractivity contribution < 1.29 is 23.1 Å². The van der Waals surface area contributed by atoms with E-state index in [2.05, 4.69) is 74.4 Å². The Kier molecular flexibility index (Phi) is 11.6. The van der Waals surface area contributed by atoms with E-state index < -0.39 is 37.5 Å². The Balaban J connectivity index is 1.16. The van der Waals surface area contributed by atoms with Gasteiger partial charge in [0, 0.05) is 43.2 Å². The maximum Gasteiger partial charge on any atom is 0.332 e. The van der Waals surface area contributed by atoms with E-state index in [1.807, 2.05) is 19.1 Å². The van der Waals surface area contributed by atoms with Crippen LogP contribution in [-0.2, 0) is 20.5 Å². The number of carbonyl (C=O) groups is 1. The van der Waals surface area contributed by atoms with Gasteiger partial charge in [-0.05, 0) is 78.7 Å². The lowest BCUT2D eigenvalue weighted by atomic mass is 9.94. The molecule has 1 amide bonds. The van der Waals surface area contributed by atoms with Crippen molar-refractivity contribution in [1.29, 1.82) is 0 Å². The fourth-order valence-corrected chi connectivity index (χ4v) is 15.2. The van der Waals surface area contributed by atoms with Gasteiger partial charge in [-0.3, -0.25) is 14.2 Å². The first-order chi connectivity index (χ1) is 28.8. The van der Waals surface area contributed by atoms with Gasteiger partial charge >= 0.3 is 5.69 Å². The minimum Gasteiger partial charge on any atom is -0.496 e. The number of halogens is 1. The molecule has 8 rings (SSSR count). The van der Waals surface area contributed by atoms with Crippen molar-refractivity contribution in [3.8, 4) is 10.8 Å². The zero-order valence-corrected chi connectivity index (χ0v) is 36.8. The predicted octanol–water partition coefficient (Wildman–Crippen LogP) is 6.92. The highest BCUT2D eigenvalue weighted by Gasteiger charge is 2.51. The van der Waals surface area contributed by atoms with E-state index in [1.165, 1.54) is 50.4 Å². The van der Waals surface area contributed by atoms with Gasteiger partial charge in [0.2, 0.25) is 5.91 Å². The van der Waals surface area contributed by atoms with Crippen LogP contribution in [0, 0.1) is 12.7 Å². The van der Waals surface area contributed by atoms with E-state index in [1.54, 1.807) is 36.3 Å². The van der Waals surface area contributed by atoms with Crippen molar-refractivity contribution in [2.45, 2.75) is 95.7 Å². The molecule has 1 aliphatic heterocycles. The summed E-state index contributed by atoms with van der Waals surface area (Å²) in [6.45, 7) is 9.02. The number of benzene rings is 3. The molecule has 6 aromatic rings. The van der Waals surface area contributed by atoms with Crippen LogP contribution in [0.15, 0.2) is 107 Å². The molecule has 11 nitrogen and oxygen atoms in total. The second-order valence-corrected chi connectivity index (χ2v) is 22.2. The Morgan fingerprint density at radius 2 is 1.55 bits per heavy atom. The highest BCUT2D eigenvalue weighted by atomic mass is 32.1. The normalized spacial score (nSPS) is 19.3. The maximum absolute atomic E-state index is 15.2. The molecule has 2 fully saturated rings. The summed E-state index contributed by atoms with van der Waals surface area (Å²) in [6, 6.07) is 26.4. The lowest BCUT2D eigenvalue weighted by molar-refractivity contribution is -0.129. The molecule has 0 bridgehead atoms. The number of amides is 1. The van der Waals surface area contributed by atoms with Gasteiger partial charge in [-0.2, -0.15) is 5.10 Å². The van der Waals surface area contributed by atoms with Gasteiger partial charge in [-0.25, -0.2) is 18.4 Å². The maximum atomic E-state index is 15.2. The number of rotatable bonds is 12. The molecule has 0 N–H and O–H groups in total. The molecule has 1 saturated heterocycles. The van der Waals surface area contributed by atoms with Crippen LogP contribution in [0.3, 0.4) is 0 Å². The molecule has 1 aliphatic carbocycles. The number of thiophene rings is 1. The summed E-state index contributed by atoms with van der Waals surface area (Å²) in [5.74, 6) is -0.358. The topological polar surface area (TPSA) is 110 Å². The van der Waals surface area contributed by atoms with Crippen molar-refractivity contribution in [3.05, 3.63) is 135 Å². The number of fused-ring (bicyclic) bond motifs is 1. The SMILES string of the molecule is COc1ccc(F)cc1[C@H](Cn1c(=O)n([C@H]2CCN(C)C2=O)c(=O)c2c(C)c(-n3cccn3)sc21)O[C@H]1CC[C@@H](O[Si](c2ccccc2)(c2ccccc2)C(C)(C)C)CC1. The molecule has 0 spiro atoms. The Morgan fingerprint density at radius 1 is 0.900 bits per heavy atom. The van der Waals surface area contributed by atoms with Gasteiger partial charge in [0.1, 0.15) is 33.5 Å². The lowest BCUT2D eigenvalue weighted by Crippen LogP contribution is -2.67. The molecule has 0 unspecified atom stereocenters. The van der Waals surface area contributed by atoms with Gasteiger partial charge in [-0.15, -0.1) is 0 Å². The standard InChI is InChI=1S/C46H52FN5O6SSi/c1-30-40-42(54)52(37-24-27-49(5)41(37)53)45(55)50(44(40)59-43(30)51-26-13-25-48-51)29-39(36-28-31(47)18-23-38(36)56-6)57-32-19-21-33(22-20-32)58-60(46(2,3)4,34-14-9-7-10-15-34)35-16-11-8-12-17-35/h7-18,23,25-26,28,32-33,37,39H,19-22,24,27,29H2,1-6H3/t32-,33+,37-,39-/m0/s1. The summed E-state index contributed by atoms with van der Waals surface area (Å²) < 4.78 is 39.8. The fraction of sp³-hybridized carbons (Fsp3) is 0.391. The number of aryl methyl sites for hydroxylation is 1. The van der Waals surface area contributed by atoms with Crippen molar-refractivity contribution in [2.75, 3.05) is 20.7 Å². The number of hydrogen-bond acceptors (Lipinski definition) is 8. The number of methoxy groups -OCH3 is 1. The smallest absolute Gasteiger partial charge is 0.332 e. The highest BCUT2D eigenvalue weighted by Crippen LogP contribution is 2.41.